The van der Waals surface area contributed by atoms with Gasteiger partial charge < -0.3 is 4.90 Å². The molecule has 1 unspecified atom stereocenters. The Kier molecular flexibility index (Phi) is 5.32. The number of rotatable bonds is 6. The second-order valence-corrected chi connectivity index (χ2v) is 10.2. The summed E-state index contributed by atoms with van der Waals surface area (Å²) in [5.74, 6) is 0.176. The van der Waals surface area contributed by atoms with Crippen LogP contribution in [0.15, 0.2) is 60.2 Å². The Bertz CT molecular complexity index is 1030. The number of benzene rings is 1. The summed E-state index contributed by atoms with van der Waals surface area (Å²) >= 11 is 1.58. The zero-order valence-electron chi connectivity index (χ0n) is 15.3. The van der Waals surface area contributed by atoms with Crippen LogP contribution in [0.5, 0.6) is 0 Å². The molecular weight excluding hydrogens is 394 g/mol. The summed E-state index contributed by atoms with van der Waals surface area (Å²) in [5.41, 5.74) is 1.83. The minimum atomic E-state index is -3.06. The standard InChI is InChI=1S/C20H21N3O3S2/c24-20(13-16-4-6-17(7-5-16)23-10-2-9-21-23)22(14-19-3-1-11-27-19)18-8-12-28(25,26)15-18/h1-7,9-11,18H,8,12-15H2. The number of hydrogen-bond donors (Lipinski definition) is 0. The molecule has 0 saturated carbocycles. The van der Waals surface area contributed by atoms with Crippen molar-refractivity contribution in [2.75, 3.05) is 11.5 Å². The normalized spacial score (nSPS) is 18.2. The molecule has 2 aromatic heterocycles. The van der Waals surface area contributed by atoms with Gasteiger partial charge in [-0.3, -0.25) is 4.79 Å². The number of amides is 1. The van der Waals surface area contributed by atoms with Gasteiger partial charge in [0.1, 0.15) is 0 Å². The van der Waals surface area contributed by atoms with Crippen molar-refractivity contribution in [2.45, 2.75) is 25.4 Å². The van der Waals surface area contributed by atoms with Gasteiger partial charge in [0.05, 0.1) is 30.2 Å². The SMILES string of the molecule is O=C(Cc1ccc(-n2cccn2)cc1)N(Cc1cccs1)C1CCS(=O)(=O)C1. The van der Waals surface area contributed by atoms with Crippen LogP contribution in [-0.4, -0.2) is 46.6 Å². The molecule has 0 spiro atoms. The number of nitrogens with zero attached hydrogens (tertiary/aromatic N) is 3. The highest BCUT2D eigenvalue weighted by molar-refractivity contribution is 7.91. The van der Waals surface area contributed by atoms with Gasteiger partial charge in [-0.1, -0.05) is 18.2 Å². The van der Waals surface area contributed by atoms with Gasteiger partial charge in [-0.15, -0.1) is 11.3 Å². The van der Waals surface area contributed by atoms with E-state index < -0.39 is 9.84 Å². The first kappa shape index (κ1) is 18.9. The lowest BCUT2D eigenvalue weighted by atomic mass is 10.1. The zero-order chi connectivity index (χ0) is 19.6. The zero-order valence-corrected chi connectivity index (χ0v) is 16.9. The van der Waals surface area contributed by atoms with Crippen LogP contribution in [0, 0.1) is 0 Å². The first-order chi connectivity index (χ1) is 13.5. The summed E-state index contributed by atoms with van der Waals surface area (Å²) in [7, 11) is -3.06. The highest BCUT2D eigenvalue weighted by atomic mass is 32.2. The third-order valence-corrected chi connectivity index (χ3v) is 7.55. The van der Waals surface area contributed by atoms with E-state index in [0.29, 0.717) is 13.0 Å². The maximum absolute atomic E-state index is 13.1. The molecule has 1 saturated heterocycles. The van der Waals surface area contributed by atoms with Crippen LogP contribution < -0.4 is 0 Å². The third-order valence-electron chi connectivity index (χ3n) is 4.94. The molecule has 6 nitrogen and oxygen atoms in total. The first-order valence-corrected chi connectivity index (χ1v) is 11.8. The van der Waals surface area contributed by atoms with Crippen LogP contribution in [0.3, 0.4) is 0 Å². The van der Waals surface area contributed by atoms with Crippen molar-refractivity contribution in [3.8, 4) is 5.69 Å². The minimum Gasteiger partial charge on any atom is -0.333 e. The molecule has 4 rings (SSSR count). The summed E-state index contributed by atoms with van der Waals surface area (Å²) in [5, 5.41) is 6.17. The highest BCUT2D eigenvalue weighted by Crippen LogP contribution is 2.23. The Balaban J connectivity index is 1.50. The van der Waals surface area contributed by atoms with Crippen molar-refractivity contribution < 1.29 is 13.2 Å². The number of carbonyl (C=O) groups is 1. The number of hydrogen-bond acceptors (Lipinski definition) is 5. The molecule has 0 N–H and O–H groups in total. The minimum absolute atomic E-state index is 0.0395. The Hall–Kier alpha value is -2.45. The van der Waals surface area contributed by atoms with E-state index >= 15 is 0 Å². The number of thiophene rings is 1. The first-order valence-electron chi connectivity index (χ1n) is 9.11. The van der Waals surface area contributed by atoms with Gasteiger partial charge in [0.25, 0.3) is 0 Å². The monoisotopic (exact) mass is 415 g/mol. The molecule has 146 valence electrons. The number of sulfone groups is 1. The molecule has 1 atom stereocenters. The fourth-order valence-corrected chi connectivity index (χ4v) is 5.91. The summed E-state index contributed by atoms with van der Waals surface area (Å²) in [4.78, 5) is 15.9. The molecular formula is C20H21N3O3S2. The van der Waals surface area contributed by atoms with Crippen LogP contribution in [0.4, 0.5) is 0 Å². The van der Waals surface area contributed by atoms with Crippen LogP contribution in [0.2, 0.25) is 0 Å². The van der Waals surface area contributed by atoms with E-state index in [9.17, 15) is 13.2 Å². The topological polar surface area (TPSA) is 72.3 Å². The fourth-order valence-electron chi connectivity index (χ4n) is 3.48. The van der Waals surface area contributed by atoms with Crippen LogP contribution in [-0.2, 0) is 27.6 Å². The van der Waals surface area contributed by atoms with E-state index in [0.717, 1.165) is 16.1 Å². The smallest absolute Gasteiger partial charge is 0.227 e. The largest absolute Gasteiger partial charge is 0.333 e. The molecule has 1 fully saturated rings. The van der Waals surface area contributed by atoms with Gasteiger partial charge in [-0.05, 0) is 41.6 Å². The fraction of sp³-hybridized carbons (Fsp3) is 0.300. The molecule has 3 aromatic rings. The van der Waals surface area contributed by atoms with E-state index in [-0.39, 0.29) is 29.9 Å². The van der Waals surface area contributed by atoms with E-state index in [1.165, 1.54) is 0 Å². The molecule has 0 aliphatic carbocycles. The summed E-state index contributed by atoms with van der Waals surface area (Å²) in [6, 6.07) is 13.2. The number of carbonyl (C=O) groups excluding carboxylic acids is 1. The van der Waals surface area contributed by atoms with Crippen molar-refractivity contribution in [1.82, 2.24) is 14.7 Å². The Morgan fingerprint density at radius 2 is 2.04 bits per heavy atom. The van der Waals surface area contributed by atoms with Crippen LogP contribution in [0.1, 0.15) is 16.9 Å². The third kappa shape index (κ3) is 4.34. The lowest BCUT2D eigenvalue weighted by Crippen LogP contribution is -2.41. The van der Waals surface area contributed by atoms with E-state index in [4.69, 9.17) is 0 Å². The lowest BCUT2D eigenvalue weighted by molar-refractivity contribution is -0.133. The molecule has 1 aliphatic heterocycles. The van der Waals surface area contributed by atoms with Crippen molar-refractivity contribution in [3.05, 3.63) is 70.7 Å². The molecule has 0 radical (unpaired) electrons. The van der Waals surface area contributed by atoms with Crippen molar-refractivity contribution in [2.24, 2.45) is 0 Å². The summed E-state index contributed by atoms with van der Waals surface area (Å²) in [6.07, 6.45) is 4.35. The van der Waals surface area contributed by atoms with Crippen molar-refractivity contribution in [3.63, 3.8) is 0 Å². The summed E-state index contributed by atoms with van der Waals surface area (Å²) in [6.45, 7) is 0.460. The van der Waals surface area contributed by atoms with Gasteiger partial charge >= 0.3 is 0 Å². The highest BCUT2D eigenvalue weighted by Gasteiger charge is 2.34. The molecule has 1 amide bonds. The Morgan fingerprint density at radius 1 is 1.21 bits per heavy atom. The van der Waals surface area contributed by atoms with Gasteiger partial charge in [-0.25, -0.2) is 13.1 Å². The molecule has 1 aliphatic rings. The predicted molar refractivity (Wildman–Crippen MR) is 109 cm³/mol. The predicted octanol–water partition coefficient (Wildman–Crippen LogP) is 2.69. The van der Waals surface area contributed by atoms with E-state index in [1.807, 2.05) is 54.0 Å². The van der Waals surface area contributed by atoms with E-state index in [2.05, 4.69) is 5.10 Å². The molecule has 28 heavy (non-hydrogen) atoms. The Morgan fingerprint density at radius 3 is 2.64 bits per heavy atom. The molecule has 8 heteroatoms. The van der Waals surface area contributed by atoms with E-state index in [1.54, 1.807) is 27.1 Å². The van der Waals surface area contributed by atoms with Crippen LogP contribution in [0.25, 0.3) is 5.69 Å². The summed E-state index contributed by atoms with van der Waals surface area (Å²) < 4.78 is 25.6. The van der Waals surface area contributed by atoms with Gasteiger partial charge in [0, 0.05) is 23.3 Å². The van der Waals surface area contributed by atoms with Gasteiger partial charge in [0.2, 0.25) is 5.91 Å². The van der Waals surface area contributed by atoms with Crippen molar-refractivity contribution in [1.29, 1.82) is 0 Å². The number of aromatic nitrogens is 2. The lowest BCUT2D eigenvalue weighted by Gasteiger charge is -2.28. The quantitative estimate of drug-likeness (QED) is 0.621. The second kappa shape index (κ2) is 7.89. The van der Waals surface area contributed by atoms with Gasteiger partial charge in [-0.2, -0.15) is 5.10 Å². The molecule has 3 heterocycles. The van der Waals surface area contributed by atoms with Crippen molar-refractivity contribution >= 4 is 27.1 Å². The van der Waals surface area contributed by atoms with Crippen LogP contribution >= 0.6 is 11.3 Å². The second-order valence-electron chi connectivity index (χ2n) is 6.95. The maximum Gasteiger partial charge on any atom is 0.227 e. The Labute approximate surface area is 168 Å². The average molecular weight is 416 g/mol. The average Bonchev–Trinajstić information content (AvgIpc) is 3.42. The molecule has 1 aromatic carbocycles. The maximum atomic E-state index is 13.1. The van der Waals surface area contributed by atoms with Gasteiger partial charge in [0.15, 0.2) is 9.84 Å². The molecule has 0 bridgehead atoms.